The number of amides is 4. The van der Waals surface area contributed by atoms with Gasteiger partial charge in [0.1, 0.15) is 23.7 Å². The van der Waals surface area contributed by atoms with E-state index in [9.17, 15) is 19.2 Å². The van der Waals surface area contributed by atoms with Crippen LogP contribution in [0.1, 0.15) is 88.2 Å². The van der Waals surface area contributed by atoms with E-state index in [1.165, 1.54) is 14.2 Å². The quantitative estimate of drug-likeness (QED) is 0.121. The van der Waals surface area contributed by atoms with Gasteiger partial charge < -0.3 is 39.9 Å². The molecule has 4 N–H and O–H groups in total. The zero-order chi connectivity index (χ0) is 41.1. The molecule has 14 nitrogen and oxygen atoms in total. The zero-order valence-corrected chi connectivity index (χ0v) is 33.7. The summed E-state index contributed by atoms with van der Waals surface area (Å²) in [5, 5.41) is 5.40. The van der Waals surface area contributed by atoms with Gasteiger partial charge in [-0.05, 0) is 91.1 Å². The summed E-state index contributed by atoms with van der Waals surface area (Å²) < 4.78 is 9.52. The third-order valence-corrected chi connectivity index (χ3v) is 11.1. The van der Waals surface area contributed by atoms with Gasteiger partial charge in [0.15, 0.2) is 0 Å². The van der Waals surface area contributed by atoms with E-state index in [0.717, 1.165) is 75.8 Å². The average molecular weight is 787 g/mol. The number of aromatic amines is 2. The predicted octanol–water partition coefficient (Wildman–Crippen LogP) is 6.59. The number of likely N-dealkylation sites (tertiary alicyclic amines) is 2. The smallest absolute Gasteiger partial charge is 0.407 e. The molecule has 4 atom stereocenters. The largest absolute Gasteiger partial charge is 0.453 e. The van der Waals surface area contributed by atoms with Crippen LogP contribution in [0.25, 0.3) is 33.2 Å². The van der Waals surface area contributed by atoms with Crippen LogP contribution >= 0.6 is 0 Å². The van der Waals surface area contributed by atoms with Crippen LogP contribution in [0, 0.1) is 23.7 Å². The number of aromatic nitrogens is 4. The van der Waals surface area contributed by atoms with Gasteiger partial charge >= 0.3 is 12.2 Å². The SMILES string of the molecule is COC(=O)N[C@H](C(=O)N1CCC[C@H]1c1nc2ccc(C#Cc3ccc(-c4ccc5nc([C@@H]6CCCN6C(=O)[C@@H](NC(=O)OC)C(C)C)[nH]c5c4)cc3)cc2[nH]1)C(C)C. The highest BCUT2D eigenvalue weighted by molar-refractivity contribution is 5.88. The maximum Gasteiger partial charge on any atom is 0.407 e. The molecule has 2 saturated heterocycles. The fraction of sp³-hybridized carbons (Fsp3) is 0.409. The number of rotatable bonds is 9. The summed E-state index contributed by atoms with van der Waals surface area (Å²) in [7, 11) is 2.58. The van der Waals surface area contributed by atoms with Crippen LogP contribution in [0.4, 0.5) is 9.59 Å². The van der Waals surface area contributed by atoms with E-state index in [1.807, 2.05) is 87.2 Å². The first-order chi connectivity index (χ1) is 27.9. The van der Waals surface area contributed by atoms with Crippen LogP contribution in [0.3, 0.4) is 0 Å². The first-order valence-corrected chi connectivity index (χ1v) is 19.9. The molecular weight excluding hydrogens is 737 g/mol. The van der Waals surface area contributed by atoms with Crippen LogP contribution < -0.4 is 10.6 Å². The van der Waals surface area contributed by atoms with Crippen LogP contribution in [-0.2, 0) is 19.1 Å². The van der Waals surface area contributed by atoms with Gasteiger partial charge in [0, 0.05) is 24.2 Å². The third-order valence-electron chi connectivity index (χ3n) is 11.1. The van der Waals surface area contributed by atoms with Crippen molar-refractivity contribution in [2.45, 2.75) is 77.5 Å². The van der Waals surface area contributed by atoms with Crippen molar-refractivity contribution in [2.75, 3.05) is 27.3 Å². The number of nitrogens with zero attached hydrogens (tertiary/aromatic N) is 4. The second-order valence-electron chi connectivity index (χ2n) is 15.6. The molecule has 0 unspecified atom stereocenters. The molecule has 0 bridgehead atoms. The summed E-state index contributed by atoms with van der Waals surface area (Å²) in [4.78, 5) is 71.3. The van der Waals surface area contributed by atoms with E-state index in [1.54, 1.807) is 4.90 Å². The highest BCUT2D eigenvalue weighted by Crippen LogP contribution is 2.35. The molecule has 2 fully saturated rings. The Morgan fingerprint density at radius 2 is 1.10 bits per heavy atom. The molecule has 14 heteroatoms. The number of imidazole rings is 2. The summed E-state index contributed by atoms with van der Waals surface area (Å²) in [5.41, 5.74) is 7.07. The van der Waals surface area contributed by atoms with E-state index in [0.29, 0.717) is 18.9 Å². The summed E-state index contributed by atoms with van der Waals surface area (Å²) in [6, 6.07) is 18.2. The van der Waals surface area contributed by atoms with Crippen molar-refractivity contribution in [1.82, 2.24) is 40.4 Å². The molecule has 302 valence electrons. The molecule has 4 heterocycles. The van der Waals surface area contributed by atoms with Gasteiger partial charge in [-0.25, -0.2) is 19.6 Å². The fourth-order valence-electron chi connectivity index (χ4n) is 7.91. The summed E-state index contributed by atoms with van der Waals surface area (Å²) in [5.74, 6) is 7.49. The number of nitrogens with one attached hydrogen (secondary N) is 4. The Kier molecular flexibility index (Phi) is 11.7. The van der Waals surface area contributed by atoms with E-state index in [4.69, 9.17) is 19.4 Å². The second kappa shape index (κ2) is 17.0. The van der Waals surface area contributed by atoms with Gasteiger partial charge in [0.2, 0.25) is 11.8 Å². The number of benzene rings is 3. The fourth-order valence-corrected chi connectivity index (χ4v) is 7.91. The Hall–Kier alpha value is -6.36. The Balaban J connectivity index is 1.03. The number of hydrogen-bond donors (Lipinski definition) is 4. The molecule has 58 heavy (non-hydrogen) atoms. The lowest BCUT2D eigenvalue weighted by Gasteiger charge is -2.29. The minimum absolute atomic E-state index is 0.109. The number of methoxy groups -OCH3 is 2. The number of ether oxygens (including phenoxy) is 2. The van der Waals surface area contributed by atoms with E-state index in [-0.39, 0.29) is 35.7 Å². The van der Waals surface area contributed by atoms with Crippen molar-refractivity contribution in [2.24, 2.45) is 11.8 Å². The van der Waals surface area contributed by atoms with Crippen LogP contribution in [0.2, 0.25) is 0 Å². The van der Waals surface area contributed by atoms with Crippen LogP contribution in [0.15, 0.2) is 60.7 Å². The first-order valence-electron chi connectivity index (χ1n) is 19.9. The molecule has 0 aliphatic carbocycles. The number of hydrogen-bond acceptors (Lipinski definition) is 8. The molecule has 2 aliphatic heterocycles. The molecule has 5 aromatic rings. The minimum Gasteiger partial charge on any atom is -0.453 e. The number of alkyl carbamates (subject to hydrolysis) is 2. The highest BCUT2D eigenvalue weighted by atomic mass is 16.5. The first kappa shape index (κ1) is 39.9. The molecule has 2 aromatic heterocycles. The third kappa shape index (κ3) is 8.34. The maximum absolute atomic E-state index is 13.6. The molecule has 2 aliphatic rings. The van der Waals surface area contributed by atoms with Gasteiger partial charge in [0.05, 0.1) is 48.4 Å². The van der Waals surface area contributed by atoms with Gasteiger partial charge in [-0.3, -0.25) is 9.59 Å². The van der Waals surface area contributed by atoms with Gasteiger partial charge in [-0.1, -0.05) is 57.7 Å². The number of carbonyl (C=O) groups is 4. The second-order valence-corrected chi connectivity index (χ2v) is 15.6. The average Bonchev–Trinajstić information content (AvgIpc) is 4.05. The van der Waals surface area contributed by atoms with Crippen LogP contribution in [-0.4, -0.2) is 93.1 Å². The van der Waals surface area contributed by atoms with Crippen molar-refractivity contribution in [3.05, 3.63) is 83.4 Å². The highest BCUT2D eigenvalue weighted by Gasteiger charge is 2.39. The number of fused-ring (bicyclic) bond motifs is 2. The standard InChI is InChI=1S/C44H50N8O6/c1-25(2)37(49-43(55)57-5)41(53)51-21-7-9-35(51)39-45-31-19-15-28(23-33(31)47-39)12-11-27-13-16-29(17-14-27)30-18-20-32-34(24-30)48-40(46-32)36-10-8-22-52(36)42(54)38(26(3)4)50-44(56)58-6/h13-20,23-26,35-38H,7-10,21-22H2,1-6H3,(H,45,47)(H,46,48)(H,49,55)(H,50,56)/t35-,36-,37-,38-/m0/s1. The number of carbonyl (C=O) groups excluding carboxylic acids is 4. The van der Waals surface area contributed by atoms with Crippen molar-refractivity contribution in [1.29, 1.82) is 0 Å². The Morgan fingerprint density at radius 3 is 1.60 bits per heavy atom. The Bertz CT molecular complexity index is 2390. The predicted molar refractivity (Wildman–Crippen MR) is 219 cm³/mol. The molecule has 0 spiro atoms. The summed E-state index contributed by atoms with van der Waals surface area (Å²) >= 11 is 0. The Labute approximate surface area is 337 Å². The molecule has 4 amide bonds. The molecule has 0 saturated carbocycles. The van der Waals surface area contributed by atoms with E-state index < -0.39 is 24.3 Å². The van der Waals surface area contributed by atoms with Crippen LogP contribution in [0.5, 0.6) is 0 Å². The number of H-pyrrole nitrogens is 2. The van der Waals surface area contributed by atoms with Gasteiger partial charge in [0.25, 0.3) is 0 Å². The van der Waals surface area contributed by atoms with Gasteiger partial charge in [-0.2, -0.15) is 0 Å². The van der Waals surface area contributed by atoms with E-state index >= 15 is 0 Å². The molecular formula is C44H50N8O6. The van der Waals surface area contributed by atoms with Gasteiger partial charge in [-0.15, -0.1) is 0 Å². The summed E-state index contributed by atoms with van der Waals surface area (Å²) in [6.45, 7) is 8.77. The topological polar surface area (TPSA) is 175 Å². The lowest BCUT2D eigenvalue weighted by Crippen LogP contribution is -2.51. The lowest BCUT2D eigenvalue weighted by molar-refractivity contribution is -0.136. The van der Waals surface area contributed by atoms with E-state index in [2.05, 4.69) is 38.5 Å². The van der Waals surface area contributed by atoms with Crippen molar-refractivity contribution >= 4 is 46.1 Å². The van der Waals surface area contributed by atoms with Crippen molar-refractivity contribution < 1.29 is 28.7 Å². The molecule has 7 rings (SSSR count). The maximum atomic E-state index is 13.6. The molecule has 0 radical (unpaired) electrons. The van der Waals surface area contributed by atoms with Crippen molar-refractivity contribution in [3.8, 4) is 23.0 Å². The zero-order valence-electron chi connectivity index (χ0n) is 33.7. The van der Waals surface area contributed by atoms with Crippen molar-refractivity contribution in [3.63, 3.8) is 0 Å². The minimum atomic E-state index is -0.696. The monoisotopic (exact) mass is 786 g/mol. The molecule has 3 aromatic carbocycles. The summed E-state index contributed by atoms with van der Waals surface area (Å²) in [6.07, 6.45) is 1.98. The normalized spacial score (nSPS) is 17.7. The lowest BCUT2D eigenvalue weighted by atomic mass is 10.0. The Morgan fingerprint density at radius 1 is 0.655 bits per heavy atom.